The molecule has 3 heteroatoms. The zero-order valence-corrected chi connectivity index (χ0v) is 10.8. The van der Waals surface area contributed by atoms with Crippen LogP contribution in [0.2, 0.25) is 0 Å². The van der Waals surface area contributed by atoms with Gasteiger partial charge in [0.05, 0.1) is 12.8 Å². The molecule has 0 radical (unpaired) electrons. The third kappa shape index (κ3) is 4.36. The molecule has 1 aliphatic carbocycles. The van der Waals surface area contributed by atoms with Crippen LogP contribution in [0.15, 0.2) is 28.9 Å². The molecule has 0 aliphatic heterocycles. The average molecular weight is 234 g/mol. The Balaban J connectivity index is 1.77. The second-order valence-corrected chi connectivity index (χ2v) is 5.21. The molecule has 0 unspecified atom stereocenters. The Kier molecular flexibility index (Phi) is 4.02. The van der Waals surface area contributed by atoms with Crippen molar-refractivity contribution in [3.05, 3.63) is 35.8 Å². The maximum absolute atomic E-state index is 5.56. The molecular formula is C14H22N2O. The molecule has 3 nitrogen and oxygen atoms in total. The van der Waals surface area contributed by atoms with Crippen molar-refractivity contribution in [3.8, 4) is 0 Å². The minimum Gasteiger partial charge on any atom is -0.468 e. The van der Waals surface area contributed by atoms with E-state index in [2.05, 4.69) is 29.9 Å². The lowest BCUT2D eigenvalue weighted by molar-refractivity contribution is 0.317. The van der Waals surface area contributed by atoms with E-state index < -0.39 is 0 Å². The normalized spacial score (nSPS) is 15.5. The molecule has 0 atom stereocenters. The summed E-state index contributed by atoms with van der Waals surface area (Å²) in [5, 5.41) is 3.48. The predicted molar refractivity (Wildman–Crippen MR) is 69.7 cm³/mol. The van der Waals surface area contributed by atoms with Crippen LogP contribution in [-0.2, 0) is 13.1 Å². The molecule has 0 amide bonds. The van der Waals surface area contributed by atoms with Crippen LogP contribution >= 0.6 is 0 Å². The zero-order chi connectivity index (χ0) is 12.3. The van der Waals surface area contributed by atoms with Crippen molar-refractivity contribution in [2.24, 2.45) is 0 Å². The van der Waals surface area contributed by atoms with Gasteiger partial charge in [-0.2, -0.15) is 0 Å². The van der Waals surface area contributed by atoms with Gasteiger partial charge >= 0.3 is 0 Å². The van der Waals surface area contributed by atoms with Gasteiger partial charge in [-0.25, -0.2) is 0 Å². The molecule has 2 rings (SSSR count). The lowest BCUT2D eigenvalue weighted by Crippen LogP contribution is -2.19. The molecule has 0 spiro atoms. The van der Waals surface area contributed by atoms with E-state index in [0.717, 1.165) is 31.4 Å². The van der Waals surface area contributed by atoms with Crippen LogP contribution in [-0.4, -0.2) is 24.5 Å². The summed E-state index contributed by atoms with van der Waals surface area (Å²) in [6.45, 7) is 8.65. The van der Waals surface area contributed by atoms with Crippen LogP contribution in [0.25, 0.3) is 0 Å². The molecule has 1 heterocycles. The highest BCUT2D eigenvalue weighted by Crippen LogP contribution is 2.19. The summed E-state index contributed by atoms with van der Waals surface area (Å²) in [6, 6.07) is 2.89. The molecule has 1 N–H and O–H groups in total. The smallest absolute Gasteiger partial charge is 0.118 e. The van der Waals surface area contributed by atoms with Crippen molar-refractivity contribution in [2.45, 2.75) is 38.9 Å². The van der Waals surface area contributed by atoms with E-state index >= 15 is 0 Å². The van der Waals surface area contributed by atoms with Gasteiger partial charge in [-0.15, -0.1) is 0 Å². The summed E-state index contributed by atoms with van der Waals surface area (Å²) >= 11 is 0. The Bertz CT molecular complexity index is 379. The Morgan fingerprint density at radius 3 is 3.00 bits per heavy atom. The van der Waals surface area contributed by atoms with Crippen LogP contribution in [0.4, 0.5) is 0 Å². The number of nitrogens with zero attached hydrogens (tertiary/aromatic N) is 1. The molecule has 0 aromatic carbocycles. The van der Waals surface area contributed by atoms with E-state index in [0.29, 0.717) is 0 Å². The summed E-state index contributed by atoms with van der Waals surface area (Å²) in [6.07, 6.45) is 4.51. The Hall–Kier alpha value is -1.06. The maximum Gasteiger partial charge on any atom is 0.118 e. The van der Waals surface area contributed by atoms with Gasteiger partial charge in [0.25, 0.3) is 0 Å². The predicted octanol–water partition coefficient (Wildman–Crippen LogP) is 2.54. The van der Waals surface area contributed by atoms with Crippen molar-refractivity contribution < 1.29 is 4.42 Å². The van der Waals surface area contributed by atoms with Gasteiger partial charge < -0.3 is 9.73 Å². The van der Waals surface area contributed by atoms with E-state index in [1.54, 1.807) is 0 Å². The van der Waals surface area contributed by atoms with E-state index in [9.17, 15) is 0 Å². The first kappa shape index (κ1) is 12.4. The molecule has 1 fully saturated rings. The van der Waals surface area contributed by atoms with Gasteiger partial charge in [0.1, 0.15) is 5.76 Å². The molecule has 0 saturated heterocycles. The summed E-state index contributed by atoms with van der Waals surface area (Å²) in [4.78, 5) is 2.21. The molecule has 1 aromatic rings. The van der Waals surface area contributed by atoms with Crippen LogP contribution in [0.5, 0.6) is 0 Å². The molecule has 1 aliphatic rings. The van der Waals surface area contributed by atoms with Gasteiger partial charge in [-0.1, -0.05) is 12.2 Å². The van der Waals surface area contributed by atoms with Crippen molar-refractivity contribution in [1.29, 1.82) is 0 Å². The standard InChI is InChI=1S/C14H22N2O/c1-11(2)8-16(3)9-14-6-12(10-17-14)7-15-13-4-5-13/h6,10,13,15H,1,4-5,7-9H2,2-3H3. The fourth-order valence-corrected chi connectivity index (χ4v) is 1.93. The Labute approximate surface area is 103 Å². The lowest BCUT2D eigenvalue weighted by atomic mass is 10.3. The fraction of sp³-hybridized carbons (Fsp3) is 0.571. The maximum atomic E-state index is 5.56. The van der Waals surface area contributed by atoms with Gasteiger partial charge in [0, 0.05) is 24.7 Å². The molecule has 0 bridgehead atoms. The number of likely N-dealkylation sites (N-methyl/N-ethyl adjacent to an activating group) is 1. The van der Waals surface area contributed by atoms with E-state index in [1.165, 1.54) is 24.0 Å². The first-order valence-electron chi connectivity index (χ1n) is 6.26. The number of hydrogen-bond acceptors (Lipinski definition) is 3. The summed E-state index contributed by atoms with van der Waals surface area (Å²) in [5.41, 5.74) is 2.42. The summed E-state index contributed by atoms with van der Waals surface area (Å²) in [5.74, 6) is 1.03. The quantitative estimate of drug-likeness (QED) is 0.735. The van der Waals surface area contributed by atoms with Gasteiger partial charge in [0.15, 0.2) is 0 Å². The molecule has 1 saturated carbocycles. The Morgan fingerprint density at radius 2 is 2.35 bits per heavy atom. The van der Waals surface area contributed by atoms with E-state index in [4.69, 9.17) is 4.42 Å². The van der Waals surface area contributed by atoms with Gasteiger partial charge in [-0.3, -0.25) is 4.90 Å². The second kappa shape index (κ2) is 5.52. The van der Waals surface area contributed by atoms with E-state index in [1.807, 2.05) is 13.2 Å². The highest BCUT2D eigenvalue weighted by Gasteiger charge is 2.20. The SMILES string of the molecule is C=C(C)CN(C)Cc1cc(CNC2CC2)co1. The lowest BCUT2D eigenvalue weighted by Gasteiger charge is -2.14. The third-order valence-electron chi connectivity index (χ3n) is 2.85. The van der Waals surface area contributed by atoms with Crippen molar-refractivity contribution in [2.75, 3.05) is 13.6 Å². The van der Waals surface area contributed by atoms with Crippen LogP contribution < -0.4 is 5.32 Å². The van der Waals surface area contributed by atoms with Crippen LogP contribution in [0.3, 0.4) is 0 Å². The van der Waals surface area contributed by atoms with Crippen LogP contribution in [0.1, 0.15) is 31.1 Å². The highest BCUT2D eigenvalue weighted by molar-refractivity contribution is 5.13. The monoisotopic (exact) mass is 234 g/mol. The van der Waals surface area contributed by atoms with Crippen LogP contribution in [0, 0.1) is 0 Å². The summed E-state index contributed by atoms with van der Waals surface area (Å²) in [7, 11) is 2.08. The molecule has 94 valence electrons. The molecule has 17 heavy (non-hydrogen) atoms. The Morgan fingerprint density at radius 1 is 1.59 bits per heavy atom. The third-order valence-corrected chi connectivity index (χ3v) is 2.85. The van der Waals surface area contributed by atoms with Crippen molar-refractivity contribution in [3.63, 3.8) is 0 Å². The minimum absolute atomic E-state index is 0.749. The average Bonchev–Trinajstić information content (AvgIpc) is 2.96. The van der Waals surface area contributed by atoms with Crippen molar-refractivity contribution in [1.82, 2.24) is 10.2 Å². The zero-order valence-electron chi connectivity index (χ0n) is 10.8. The molecular weight excluding hydrogens is 212 g/mol. The number of rotatable bonds is 7. The molecule has 1 aromatic heterocycles. The fourth-order valence-electron chi connectivity index (χ4n) is 1.93. The summed E-state index contributed by atoms with van der Waals surface area (Å²) < 4.78 is 5.56. The largest absolute Gasteiger partial charge is 0.468 e. The topological polar surface area (TPSA) is 28.4 Å². The van der Waals surface area contributed by atoms with Gasteiger partial charge in [0.2, 0.25) is 0 Å². The highest BCUT2D eigenvalue weighted by atomic mass is 16.3. The number of hydrogen-bond donors (Lipinski definition) is 1. The number of furan rings is 1. The first-order valence-corrected chi connectivity index (χ1v) is 6.26. The second-order valence-electron chi connectivity index (χ2n) is 5.21. The minimum atomic E-state index is 0.749. The van der Waals surface area contributed by atoms with E-state index in [-0.39, 0.29) is 0 Å². The van der Waals surface area contributed by atoms with Crippen molar-refractivity contribution >= 4 is 0 Å². The van der Waals surface area contributed by atoms with Gasteiger partial charge in [-0.05, 0) is 32.9 Å². The first-order chi connectivity index (χ1) is 8.13. The number of nitrogens with one attached hydrogen (secondary N) is 1.